The minimum Gasteiger partial charge on any atom is -0.284 e. The standard InChI is InChI=1S/Mg.H2O3S.H2O2.2H/c;1-4(2)3;1-2;;/h;(H2,1,2,3);1-2H;;. The quantitative estimate of drug-likeness (QED) is 0.147. The van der Waals surface area contributed by atoms with Crippen molar-refractivity contribution in [1.29, 1.82) is 0 Å². The van der Waals surface area contributed by atoms with E-state index in [-0.39, 0.29) is 23.1 Å². The van der Waals surface area contributed by atoms with Crippen molar-refractivity contribution >= 4 is 34.4 Å². The first-order valence-electron chi connectivity index (χ1n) is 0.732. The van der Waals surface area contributed by atoms with Gasteiger partial charge in [-0.3, -0.25) is 19.6 Å². The maximum atomic E-state index is 8.67. The normalized spacial score (nSPS) is 5.86. The van der Waals surface area contributed by atoms with Crippen LogP contribution in [-0.2, 0) is 11.4 Å². The van der Waals surface area contributed by atoms with Gasteiger partial charge in [-0.1, -0.05) is 0 Å². The molecule has 0 heterocycles. The van der Waals surface area contributed by atoms with Gasteiger partial charge >= 0.3 is 23.1 Å². The molecule has 4 N–H and O–H groups in total. The monoisotopic (exact) mass is 142 g/mol. The molecule has 7 heteroatoms. The van der Waals surface area contributed by atoms with E-state index in [4.69, 9.17) is 23.8 Å². The van der Waals surface area contributed by atoms with Crippen molar-refractivity contribution in [3.63, 3.8) is 0 Å². The van der Waals surface area contributed by atoms with E-state index in [0.717, 1.165) is 0 Å². The minimum atomic E-state index is -2.61. The summed E-state index contributed by atoms with van der Waals surface area (Å²) in [5.74, 6) is 0. The topological polar surface area (TPSA) is 98.0 Å². The maximum Gasteiger partial charge on any atom is 0.316 e. The van der Waals surface area contributed by atoms with Crippen LogP contribution in [0.5, 0.6) is 0 Å². The van der Waals surface area contributed by atoms with E-state index in [1.54, 1.807) is 0 Å². The average Bonchev–Trinajstić information content (AvgIpc) is 1.41. The van der Waals surface area contributed by atoms with Gasteiger partial charge in [-0.15, -0.1) is 0 Å². The van der Waals surface area contributed by atoms with Crippen LogP contribution >= 0.6 is 0 Å². The van der Waals surface area contributed by atoms with Crippen LogP contribution in [0.1, 0.15) is 0 Å². The third-order valence-corrected chi connectivity index (χ3v) is 0. The molecular weight excluding hydrogens is 136 g/mol. The lowest BCUT2D eigenvalue weighted by molar-refractivity contribution is -0.176. The van der Waals surface area contributed by atoms with Crippen molar-refractivity contribution in [3.05, 3.63) is 0 Å². The molecule has 0 aliphatic heterocycles. The molecule has 0 aromatic heterocycles. The van der Waals surface area contributed by atoms with Crippen molar-refractivity contribution in [2.24, 2.45) is 0 Å². The van der Waals surface area contributed by atoms with E-state index in [2.05, 4.69) is 0 Å². The van der Waals surface area contributed by atoms with Crippen molar-refractivity contribution in [2.75, 3.05) is 0 Å². The lowest BCUT2D eigenvalue weighted by atomic mass is 15.0. The average molecular weight is 142 g/mol. The zero-order valence-corrected chi connectivity index (χ0v) is 3.42. The molecule has 0 aromatic rings. The molecule has 0 aromatic carbocycles. The van der Waals surface area contributed by atoms with Crippen LogP contribution in [0.25, 0.3) is 0 Å². The zero-order chi connectivity index (χ0) is 5.58. The van der Waals surface area contributed by atoms with Gasteiger partial charge in [-0.25, -0.2) is 0 Å². The summed E-state index contributed by atoms with van der Waals surface area (Å²) in [6, 6.07) is 0. The summed E-state index contributed by atoms with van der Waals surface area (Å²) in [7, 11) is 0. The highest BCUT2D eigenvalue weighted by Crippen LogP contribution is 1.44. The SMILES string of the molecule is O=S(O)O.OO.[MgH2]. The van der Waals surface area contributed by atoms with Crippen molar-refractivity contribution in [3.8, 4) is 0 Å². The van der Waals surface area contributed by atoms with Gasteiger partial charge in [0.15, 0.2) is 0 Å². The van der Waals surface area contributed by atoms with Gasteiger partial charge in [0, 0.05) is 0 Å². The Bertz CT molecular complexity index is 31.1. The second-order valence-electron chi connectivity index (χ2n) is 0.231. The van der Waals surface area contributed by atoms with Gasteiger partial charge in [0.25, 0.3) is 11.4 Å². The zero-order valence-electron chi connectivity index (χ0n) is 2.61. The second-order valence-corrected chi connectivity index (χ2v) is 0.692. The highest BCUT2D eigenvalue weighted by atomic mass is 32.2. The number of rotatable bonds is 0. The van der Waals surface area contributed by atoms with Gasteiger partial charge in [0.05, 0.1) is 0 Å². The van der Waals surface area contributed by atoms with Crippen LogP contribution in [0.2, 0.25) is 0 Å². The summed E-state index contributed by atoms with van der Waals surface area (Å²) in [6.45, 7) is 0. The fourth-order valence-corrected chi connectivity index (χ4v) is 0. The maximum absolute atomic E-state index is 8.67. The fraction of sp³-hybridized carbons (Fsp3) is 0. The summed E-state index contributed by atoms with van der Waals surface area (Å²) >= 11 is -2.61. The van der Waals surface area contributed by atoms with Crippen molar-refractivity contribution in [1.82, 2.24) is 0 Å². The summed E-state index contributed by atoms with van der Waals surface area (Å²) < 4.78 is 22.8. The first kappa shape index (κ1) is 15.7. The Morgan fingerprint density at radius 1 is 1.14 bits per heavy atom. The van der Waals surface area contributed by atoms with E-state index >= 15 is 0 Å². The Morgan fingerprint density at radius 3 is 1.14 bits per heavy atom. The third-order valence-electron chi connectivity index (χ3n) is 0. The number of hydrogen-bond donors (Lipinski definition) is 4. The van der Waals surface area contributed by atoms with Gasteiger partial charge in [-0.2, -0.15) is 4.21 Å². The molecule has 0 spiro atoms. The van der Waals surface area contributed by atoms with Gasteiger partial charge in [0.1, 0.15) is 0 Å². The summed E-state index contributed by atoms with van der Waals surface area (Å²) in [5.41, 5.74) is 0. The lowest BCUT2D eigenvalue weighted by Gasteiger charge is -1.59. The first-order chi connectivity index (χ1) is 2.73. The molecule has 0 aliphatic rings. The number of hydrogen-bond acceptors (Lipinski definition) is 3. The predicted molar refractivity (Wildman–Crippen MR) is 27.2 cm³/mol. The molecule has 5 nitrogen and oxygen atoms in total. The molecule has 0 bridgehead atoms. The van der Waals surface area contributed by atoms with E-state index in [1.165, 1.54) is 0 Å². The minimum absolute atomic E-state index is 0. The van der Waals surface area contributed by atoms with Crippen molar-refractivity contribution < 1.29 is 23.8 Å². The van der Waals surface area contributed by atoms with Gasteiger partial charge in [-0.05, 0) is 0 Å². The molecule has 0 aliphatic carbocycles. The smallest absolute Gasteiger partial charge is 0.284 e. The lowest BCUT2D eigenvalue weighted by Crippen LogP contribution is -1.74. The van der Waals surface area contributed by atoms with Crippen LogP contribution in [-0.4, -0.2) is 46.9 Å². The molecule has 0 fully saturated rings. The Kier molecular flexibility index (Phi) is 35.5. The molecule has 0 amide bonds. The van der Waals surface area contributed by atoms with Crippen molar-refractivity contribution in [2.45, 2.75) is 0 Å². The van der Waals surface area contributed by atoms with Crippen LogP contribution in [0.15, 0.2) is 0 Å². The van der Waals surface area contributed by atoms with E-state index in [0.29, 0.717) is 0 Å². The predicted octanol–water partition coefficient (Wildman–Crippen LogP) is -1.22. The Labute approximate surface area is 58.5 Å². The van der Waals surface area contributed by atoms with E-state index in [9.17, 15) is 0 Å². The molecular formula is H6MgO5S. The summed E-state index contributed by atoms with van der Waals surface area (Å²) in [5, 5.41) is 12.0. The highest BCUT2D eigenvalue weighted by Gasteiger charge is 1.62. The third kappa shape index (κ3) is 267. The summed E-state index contributed by atoms with van der Waals surface area (Å²) in [6.07, 6.45) is 0. The van der Waals surface area contributed by atoms with Crippen LogP contribution in [0, 0.1) is 0 Å². The van der Waals surface area contributed by atoms with Crippen LogP contribution in [0.3, 0.4) is 0 Å². The molecule has 7 heavy (non-hydrogen) atoms. The molecule has 0 saturated carbocycles. The highest BCUT2D eigenvalue weighted by molar-refractivity contribution is 7.73. The first-order valence-corrected chi connectivity index (χ1v) is 1.80. The second kappa shape index (κ2) is 15.9. The molecule has 0 saturated heterocycles. The molecule has 0 unspecified atom stereocenters. The van der Waals surface area contributed by atoms with Crippen LogP contribution in [0.4, 0.5) is 0 Å². The molecule has 0 rings (SSSR count). The molecule has 0 atom stereocenters. The van der Waals surface area contributed by atoms with E-state index < -0.39 is 11.4 Å². The fourth-order valence-electron chi connectivity index (χ4n) is 0. The van der Waals surface area contributed by atoms with Gasteiger partial charge < -0.3 is 0 Å². The largest absolute Gasteiger partial charge is 0.316 e. The molecule has 44 valence electrons. The van der Waals surface area contributed by atoms with E-state index in [1.807, 2.05) is 0 Å². The molecule has 0 radical (unpaired) electrons. The Balaban J connectivity index is -0.0000000480. The van der Waals surface area contributed by atoms with Crippen LogP contribution < -0.4 is 0 Å². The van der Waals surface area contributed by atoms with Gasteiger partial charge in [0.2, 0.25) is 0 Å². The Morgan fingerprint density at radius 2 is 1.14 bits per heavy atom. The Hall–Kier alpha value is 0.756. The summed E-state index contributed by atoms with van der Waals surface area (Å²) in [4.78, 5) is 0.